The number of carbonyl (C=O) groups excluding carboxylic acids is 5. The van der Waals surface area contributed by atoms with Crippen LogP contribution >= 0.6 is 23.2 Å². The lowest BCUT2D eigenvalue weighted by Crippen LogP contribution is -2.54. The van der Waals surface area contributed by atoms with Crippen molar-refractivity contribution in [2.45, 2.75) is 25.4 Å². The molecule has 32 heavy (non-hydrogen) atoms. The topological polar surface area (TPSA) is 104 Å². The van der Waals surface area contributed by atoms with E-state index < -0.39 is 29.7 Å². The number of piperidine rings is 1. The van der Waals surface area contributed by atoms with Crippen molar-refractivity contribution in [3.8, 4) is 0 Å². The fraction of sp³-hybridized carbons (Fsp3) is 0.227. The minimum absolute atomic E-state index is 0.0392. The largest absolute Gasteiger partial charge is 0.337 e. The third-order valence-corrected chi connectivity index (χ3v) is 6.21. The molecule has 0 radical (unpaired) electrons. The van der Waals surface area contributed by atoms with Crippen LogP contribution in [0.3, 0.4) is 0 Å². The smallest absolute Gasteiger partial charge is 0.262 e. The average Bonchev–Trinajstić information content (AvgIpc) is 3.01. The number of carbonyl (C=O) groups is 5. The molecule has 0 bridgehead atoms. The molecule has 0 aliphatic carbocycles. The van der Waals surface area contributed by atoms with Gasteiger partial charge in [0.05, 0.1) is 21.2 Å². The zero-order valence-electron chi connectivity index (χ0n) is 16.9. The van der Waals surface area contributed by atoms with Gasteiger partial charge in [-0.15, -0.1) is 0 Å². The molecule has 2 aromatic rings. The summed E-state index contributed by atoms with van der Waals surface area (Å²) in [4.78, 5) is 64.9. The van der Waals surface area contributed by atoms with Gasteiger partial charge in [-0.2, -0.15) is 0 Å². The third kappa shape index (κ3) is 3.76. The molecule has 8 nitrogen and oxygen atoms in total. The second-order valence-electron chi connectivity index (χ2n) is 7.58. The van der Waals surface area contributed by atoms with Crippen LogP contribution in [-0.4, -0.2) is 52.4 Å². The Morgan fingerprint density at radius 2 is 1.84 bits per heavy atom. The average molecular weight is 474 g/mol. The van der Waals surface area contributed by atoms with E-state index in [4.69, 9.17) is 23.2 Å². The molecule has 1 N–H and O–H groups in total. The summed E-state index contributed by atoms with van der Waals surface area (Å²) in [7, 11) is 1.56. The zero-order chi connectivity index (χ0) is 23.2. The Labute approximate surface area is 193 Å². The molecule has 10 heteroatoms. The minimum atomic E-state index is -1.05. The lowest BCUT2D eigenvalue weighted by molar-refractivity contribution is -0.136. The summed E-state index contributed by atoms with van der Waals surface area (Å²) in [5, 5.41) is 2.73. The van der Waals surface area contributed by atoms with Crippen LogP contribution in [0.5, 0.6) is 0 Å². The lowest BCUT2D eigenvalue weighted by atomic mass is 10.0. The molecule has 0 aromatic heterocycles. The maximum absolute atomic E-state index is 13.2. The fourth-order valence-corrected chi connectivity index (χ4v) is 4.19. The van der Waals surface area contributed by atoms with Crippen LogP contribution in [0.2, 0.25) is 10.0 Å². The molecule has 4 rings (SSSR count). The van der Waals surface area contributed by atoms with Crippen molar-refractivity contribution in [1.82, 2.24) is 15.1 Å². The maximum Gasteiger partial charge on any atom is 0.262 e. The molecular formula is C22H17Cl2N3O5. The first kappa shape index (κ1) is 22.0. The van der Waals surface area contributed by atoms with E-state index in [0.717, 1.165) is 4.90 Å². The maximum atomic E-state index is 13.2. The highest BCUT2D eigenvalue weighted by atomic mass is 35.5. The molecule has 1 saturated heterocycles. The van der Waals surface area contributed by atoms with E-state index in [1.54, 1.807) is 25.2 Å². The molecule has 1 fully saturated rings. The molecule has 5 amide bonds. The van der Waals surface area contributed by atoms with Gasteiger partial charge in [-0.3, -0.25) is 34.2 Å². The van der Waals surface area contributed by atoms with Crippen LogP contribution in [0.15, 0.2) is 36.4 Å². The molecular weight excluding hydrogens is 457 g/mol. The van der Waals surface area contributed by atoms with Crippen LogP contribution in [0.25, 0.3) is 0 Å². The number of nitrogens with zero attached hydrogens (tertiary/aromatic N) is 2. The van der Waals surface area contributed by atoms with Crippen molar-refractivity contribution in [2.75, 3.05) is 7.05 Å². The van der Waals surface area contributed by atoms with Crippen molar-refractivity contribution >= 4 is 52.7 Å². The number of benzene rings is 2. The summed E-state index contributed by atoms with van der Waals surface area (Å²) >= 11 is 11.9. The molecule has 2 aromatic carbocycles. The van der Waals surface area contributed by atoms with Gasteiger partial charge < -0.3 is 4.90 Å². The number of fused-ring (bicyclic) bond motifs is 1. The molecule has 1 atom stereocenters. The quantitative estimate of drug-likeness (QED) is 0.687. The number of hydrogen-bond donors (Lipinski definition) is 1. The van der Waals surface area contributed by atoms with Gasteiger partial charge in [0.2, 0.25) is 11.8 Å². The van der Waals surface area contributed by atoms with Crippen LogP contribution in [0.1, 0.15) is 49.5 Å². The molecule has 0 spiro atoms. The van der Waals surface area contributed by atoms with Crippen molar-refractivity contribution in [3.63, 3.8) is 0 Å². The second-order valence-corrected chi connectivity index (χ2v) is 8.39. The van der Waals surface area contributed by atoms with Crippen LogP contribution in [0.4, 0.5) is 0 Å². The molecule has 164 valence electrons. The number of rotatable bonds is 4. The zero-order valence-corrected chi connectivity index (χ0v) is 18.4. The van der Waals surface area contributed by atoms with Gasteiger partial charge in [0.15, 0.2) is 0 Å². The van der Waals surface area contributed by atoms with E-state index in [1.165, 1.54) is 23.1 Å². The van der Waals surface area contributed by atoms with E-state index in [0.29, 0.717) is 16.1 Å². The highest BCUT2D eigenvalue weighted by Crippen LogP contribution is 2.31. The first-order valence-electron chi connectivity index (χ1n) is 9.73. The number of nitrogens with one attached hydrogen (secondary N) is 1. The van der Waals surface area contributed by atoms with Gasteiger partial charge in [-0.1, -0.05) is 35.3 Å². The lowest BCUT2D eigenvalue weighted by Gasteiger charge is -2.28. The molecule has 2 aliphatic heterocycles. The molecule has 2 aliphatic rings. The Morgan fingerprint density at radius 3 is 2.53 bits per heavy atom. The molecule has 1 unspecified atom stereocenters. The van der Waals surface area contributed by atoms with Gasteiger partial charge in [0.1, 0.15) is 6.04 Å². The number of hydrogen-bond acceptors (Lipinski definition) is 5. The van der Waals surface area contributed by atoms with E-state index in [2.05, 4.69) is 5.32 Å². The van der Waals surface area contributed by atoms with Crippen molar-refractivity contribution in [1.29, 1.82) is 0 Å². The fourth-order valence-electron chi connectivity index (χ4n) is 3.89. The van der Waals surface area contributed by atoms with Crippen molar-refractivity contribution in [2.24, 2.45) is 0 Å². The Hall–Kier alpha value is -3.23. The normalized spacial score (nSPS) is 18.0. The summed E-state index contributed by atoms with van der Waals surface area (Å²) in [6.45, 7) is 0.0461. The summed E-state index contributed by atoms with van der Waals surface area (Å²) in [6, 6.07) is 8.24. The van der Waals surface area contributed by atoms with Crippen LogP contribution in [-0.2, 0) is 16.1 Å². The number of imide groups is 2. The Morgan fingerprint density at radius 1 is 1.09 bits per heavy atom. The summed E-state index contributed by atoms with van der Waals surface area (Å²) in [6.07, 6.45) is 0.110. The second kappa shape index (κ2) is 8.37. The monoisotopic (exact) mass is 473 g/mol. The third-order valence-electron chi connectivity index (χ3n) is 5.48. The van der Waals surface area contributed by atoms with E-state index in [1.807, 2.05) is 0 Å². The summed E-state index contributed by atoms with van der Waals surface area (Å²) in [5.74, 6) is -2.68. The van der Waals surface area contributed by atoms with E-state index in [9.17, 15) is 24.0 Å². The van der Waals surface area contributed by atoms with Crippen molar-refractivity contribution in [3.05, 3.63) is 68.7 Å². The molecule has 0 saturated carbocycles. The predicted octanol–water partition coefficient (Wildman–Crippen LogP) is 2.67. The van der Waals surface area contributed by atoms with Gasteiger partial charge in [0, 0.05) is 25.6 Å². The van der Waals surface area contributed by atoms with Crippen LogP contribution in [0, 0.1) is 0 Å². The van der Waals surface area contributed by atoms with Gasteiger partial charge in [0.25, 0.3) is 17.7 Å². The Bertz CT molecular complexity index is 1200. The predicted molar refractivity (Wildman–Crippen MR) is 115 cm³/mol. The first-order valence-corrected chi connectivity index (χ1v) is 10.5. The van der Waals surface area contributed by atoms with E-state index >= 15 is 0 Å². The highest BCUT2D eigenvalue weighted by Gasteiger charge is 2.45. The van der Waals surface area contributed by atoms with Gasteiger partial charge in [-0.05, 0) is 36.2 Å². The SMILES string of the molecule is CN(Cc1cccc2c1C(=O)N(C1CCC(=O)NC1=O)C2=O)C(=O)c1ccc(Cl)c(Cl)c1. The minimum Gasteiger partial charge on any atom is -0.337 e. The van der Waals surface area contributed by atoms with E-state index in [-0.39, 0.29) is 41.4 Å². The molecule has 2 heterocycles. The summed E-state index contributed by atoms with van der Waals surface area (Å²) < 4.78 is 0. The number of halogens is 2. The Kier molecular flexibility index (Phi) is 5.75. The standard InChI is InChI=1S/C22H17Cl2N3O5/c1-26(20(30)11-5-6-14(23)15(24)9-11)10-12-3-2-4-13-18(12)22(32)27(21(13)31)16-7-8-17(28)25-19(16)29/h2-6,9,16H,7-8,10H2,1H3,(H,25,28,29). The highest BCUT2D eigenvalue weighted by molar-refractivity contribution is 6.42. The van der Waals surface area contributed by atoms with Gasteiger partial charge >= 0.3 is 0 Å². The van der Waals surface area contributed by atoms with Gasteiger partial charge in [-0.25, -0.2) is 0 Å². The van der Waals surface area contributed by atoms with Crippen molar-refractivity contribution < 1.29 is 24.0 Å². The Balaban J connectivity index is 1.60. The van der Waals surface area contributed by atoms with Crippen LogP contribution < -0.4 is 5.32 Å². The first-order chi connectivity index (χ1) is 15.2. The number of amides is 5. The summed E-state index contributed by atoms with van der Waals surface area (Å²) in [5.41, 5.74) is 1.09.